The van der Waals surface area contributed by atoms with E-state index in [2.05, 4.69) is 0 Å². The number of halogens is 1. The second kappa shape index (κ2) is 6.91. The smallest absolute Gasteiger partial charge is 0.267 e. The van der Waals surface area contributed by atoms with Crippen molar-refractivity contribution < 1.29 is 22.4 Å². The highest BCUT2D eigenvalue weighted by molar-refractivity contribution is 7.90. The van der Waals surface area contributed by atoms with Gasteiger partial charge in [-0.3, -0.25) is 9.59 Å². The lowest BCUT2D eigenvalue weighted by molar-refractivity contribution is -0.158. The first-order chi connectivity index (χ1) is 14.1. The summed E-state index contributed by atoms with van der Waals surface area (Å²) < 4.78 is 41.3. The van der Waals surface area contributed by atoms with Crippen LogP contribution in [0.15, 0.2) is 53.4 Å². The topological polar surface area (TPSA) is 83.6 Å². The van der Waals surface area contributed by atoms with Gasteiger partial charge < -0.3 is 4.90 Å². The molecule has 1 unspecified atom stereocenters. The minimum atomic E-state index is -4.41. The number of aryl methyl sites for hydroxylation is 1. The Hall–Kier alpha value is -2.74. The molecule has 2 fully saturated rings. The summed E-state index contributed by atoms with van der Waals surface area (Å²) in [5, 5.41) is 0. The van der Waals surface area contributed by atoms with Crippen molar-refractivity contribution in [2.24, 2.45) is 0 Å². The average molecular weight is 431 g/mol. The van der Waals surface area contributed by atoms with Crippen LogP contribution in [0.4, 0.5) is 4.39 Å². The molecule has 1 N–H and O–H groups in total. The Bertz CT molecular complexity index is 1130. The molecule has 8 heteroatoms. The number of sulfonamides is 1. The zero-order valence-electron chi connectivity index (χ0n) is 16.8. The third-order valence-electron chi connectivity index (χ3n) is 6.24. The van der Waals surface area contributed by atoms with Crippen LogP contribution in [0.2, 0.25) is 0 Å². The van der Waals surface area contributed by atoms with Crippen LogP contribution in [0.3, 0.4) is 0 Å². The van der Waals surface area contributed by atoms with Gasteiger partial charge >= 0.3 is 0 Å². The van der Waals surface area contributed by atoms with Gasteiger partial charge in [-0.05, 0) is 56.4 Å². The number of carbonyl (C=O) groups excluding carboxylic acids is 2. The standard InChI is InChI=1S/C22H23FN2O4S/c1-15-8-9-17(23)18(14-15)30(28,29)24-19(26)21(2)12-13-25(21)20(27)22(10-11-22)16-6-4-3-5-7-16/h3-9,14H,10-13H2,1-2H3,(H,24,26). The largest absolute Gasteiger partial charge is 0.327 e. The van der Waals surface area contributed by atoms with E-state index in [1.165, 1.54) is 17.0 Å². The molecule has 2 aromatic rings. The van der Waals surface area contributed by atoms with Crippen LogP contribution in [-0.2, 0) is 25.0 Å². The zero-order valence-corrected chi connectivity index (χ0v) is 17.6. The molecule has 1 saturated heterocycles. The van der Waals surface area contributed by atoms with Gasteiger partial charge in [0, 0.05) is 6.54 Å². The first-order valence-corrected chi connectivity index (χ1v) is 11.3. The Balaban J connectivity index is 1.56. The lowest BCUT2D eigenvalue weighted by Gasteiger charge is -2.50. The zero-order chi connectivity index (χ0) is 21.7. The van der Waals surface area contributed by atoms with Crippen molar-refractivity contribution in [3.8, 4) is 0 Å². The van der Waals surface area contributed by atoms with Crippen molar-refractivity contribution in [2.45, 2.75) is 49.0 Å². The van der Waals surface area contributed by atoms with Crippen LogP contribution in [0.5, 0.6) is 0 Å². The highest BCUT2D eigenvalue weighted by Gasteiger charge is 2.60. The maximum absolute atomic E-state index is 14.1. The maximum atomic E-state index is 14.1. The van der Waals surface area contributed by atoms with Gasteiger partial charge in [0.15, 0.2) is 0 Å². The van der Waals surface area contributed by atoms with Crippen molar-refractivity contribution in [1.82, 2.24) is 9.62 Å². The van der Waals surface area contributed by atoms with E-state index in [9.17, 15) is 22.4 Å². The molecule has 4 rings (SSSR count). The van der Waals surface area contributed by atoms with E-state index in [0.717, 1.165) is 11.6 Å². The Kier molecular flexibility index (Phi) is 4.73. The first kappa shape index (κ1) is 20.5. The maximum Gasteiger partial charge on any atom is 0.267 e. The van der Waals surface area contributed by atoms with Crippen molar-refractivity contribution in [2.75, 3.05) is 6.54 Å². The van der Waals surface area contributed by atoms with Gasteiger partial charge in [0.2, 0.25) is 5.91 Å². The summed E-state index contributed by atoms with van der Waals surface area (Å²) in [4.78, 5) is 27.1. The lowest BCUT2D eigenvalue weighted by atomic mass is 9.82. The minimum absolute atomic E-state index is 0.170. The van der Waals surface area contributed by atoms with Crippen molar-refractivity contribution >= 4 is 21.8 Å². The molecular weight excluding hydrogens is 407 g/mol. The second-order valence-electron chi connectivity index (χ2n) is 8.30. The van der Waals surface area contributed by atoms with E-state index in [4.69, 9.17) is 0 Å². The van der Waals surface area contributed by atoms with E-state index >= 15 is 0 Å². The van der Waals surface area contributed by atoms with E-state index < -0.39 is 37.6 Å². The number of carbonyl (C=O) groups is 2. The van der Waals surface area contributed by atoms with Gasteiger partial charge in [-0.25, -0.2) is 17.5 Å². The molecule has 6 nitrogen and oxygen atoms in total. The molecule has 0 bridgehead atoms. The molecule has 2 aromatic carbocycles. The van der Waals surface area contributed by atoms with E-state index in [-0.39, 0.29) is 5.91 Å². The summed E-state index contributed by atoms with van der Waals surface area (Å²) in [7, 11) is -4.41. The fourth-order valence-electron chi connectivity index (χ4n) is 3.99. The second-order valence-corrected chi connectivity index (χ2v) is 9.95. The molecular formula is C22H23FN2O4S. The molecule has 2 aliphatic rings. The summed E-state index contributed by atoms with van der Waals surface area (Å²) in [6, 6.07) is 13.1. The van der Waals surface area contributed by atoms with Crippen LogP contribution in [0.25, 0.3) is 0 Å². The molecule has 1 atom stereocenters. The van der Waals surface area contributed by atoms with Gasteiger partial charge in [-0.1, -0.05) is 36.4 Å². The summed E-state index contributed by atoms with van der Waals surface area (Å²) >= 11 is 0. The number of hydrogen-bond donors (Lipinski definition) is 1. The Morgan fingerprint density at radius 2 is 1.73 bits per heavy atom. The summed E-state index contributed by atoms with van der Waals surface area (Å²) in [5.74, 6) is -1.93. The molecule has 0 spiro atoms. The van der Waals surface area contributed by atoms with Gasteiger partial charge in [-0.15, -0.1) is 0 Å². The van der Waals surface area contributed by atoms with Crippen LogP contribution in [-0.4, -0.2) is 37.2 Å². The van der Waals surface area contributed by atoms with Crippen LogP contribution >= 0.6 is 0 Å². The summed E-state index contributed by atoms with van der Waals surface area (Å²) in [5.41, 5.74) is -0.493. The van der Waals surface area contributed by atoms with Crippen molar-refractivity contribution in [3.63, 3.8) is 0 Å². The summed E-state index contributed by atoms with van der Waals surface area (Å²) in [6.07, 6.45) is 1.72. The fraction of sp³-hybridized carbons (Fsp3) is 0.364. The van der Waals surface area contributed by atoms with Gasteiger partial charge in [0.1, 0.15) is 16.3 Å². The third-order valence-corrected chi connectivity index (χ3v) is 7.59. The SMILES string of the molecule is Cc1ccc(F)c(S(=O)(=O)NC(=O)C2(C)CCN2C(=O)C2(c3ccccc3)CC2)c1. The number of nitrogens with zero attached hydrogens (tertiary/aromatic N) is 1. The number of nitrogens with one attached hydrogen (secondary N) is 1. The van der Waals surface area contributed by atoms with E-state index in [1.54, 1.807) is 13.8 Å². The molecule has 0 radical (unpaired) electrons. The van der Waals surface area contributed by atoms with Crippen molar-refractivity contribution in [1.29, 1.82) is 0 Å². The Morgan fingerprint density at radius 1 is 1.07 bits per heavy atom. The average Bonchev–Trinajstić information content (AvgIpc) is 3.50. The fourth-order valence-corrected chi connectivity index (χ4v) is 5.23. The lowest BCUT2D eigenvalue weighted by Crippen LogP contribution is -2.69. The van der Waals surface area contributed by atoms with Gasteiger partial charge in [0.05, 0.1) is 5.41 Å². The van der Waals surface area contributed by atoms with Crippen LogP contribution in [0.1, 0.15) is 37.3 Å². The highest BCUT2D eigenvalue weighted by Crippen LogP contribution is 2.51. The van der Waals surface area contributed by atoms with Gasteiger partial charge in [0.25, 0.3) is 15.9 Å². The number of rotatable bonds is 5. The third kappa shape index (κ3) is 3.19. The van der Waals surface area contributed by atoms with Crippen LogP contribution < -0.4 is 4.72 Å². The number of benzene rings is 2. The molecule has 1 aliphatic carbocycles. The monoisotopic (exact) mass is 430 g/mol. The summed E-state index contributed by atoms with van der Waals surface area (Å²) in [6.45, 7) is 3.55. The number of amides is 2. The predicted molar refractivity (Wildman–Crippen MR) is 109 cm³/mol. The first-order valence-electron chi connectivity index (χ1n) is 9.81. The van der Waals surface area contributed by atoms with Crippen molar-refractivity contribution in [3.05, 3.63) is 65.5 Å². The molecule has 158 valence electrons. The number of likely N-dealkylation sites (tertiary alicyclic amines) is 1. The highest BCUT2D eigenvalue weighted by atomic mass is 32.2. The quantitative estimate of drug-likeness (QED) is 0.791. The molecule has 30 heavy (non-hydrogen) atoms. The predicted octanol–water partition coefficient (Wildman–Crippen LogP) is 2.66. The van der Waals surface area contributed by atoms with Gasteiger partial charge in [-0.2, -0.15) is 0 Å². The van der Waals surface area contributed by atoms with Crippen LogP contribution in [0, 0.1) is 12.7 Å². The van der Waals surface area contributed by atoms with E-state index in [1.807, 2.05) is 35.1 Å². The van der Waals surface area contributed by atoms with E-state index in [0.29, 0.717) is 31.4 Å². The molecule has 0 aromatic heterocycles. The number of hydrogen-bond acceptors (Lipinski definition) is 4. The molecule has 1 heterocycles. The Labute approximate surface area is 175 Å². The Morgan fingerprint density at radius 3 is 2.30 bits per heavy atom. The minimum Gasteiger partial charge on any atom is -0.327 e. The molecule has 2 amide bonds. The normalized spacial score (nSPS) is 22.2. The molecule has 1 saturated carbocycles. The molecule has 1 aliphatic heterocycles.